The third kappa shape index (κ3) is 4.58. The fourth-order valence-corrected chi connectivity index (χ4v) is 2.00. The highest BCUT2D eigenvalue weighted by Crippen LogP contribution is 2.26. The first-order chi connectivity index (χ1) is 9.85. The zero-order chi connectivity index (χ0) is 17.3. The van der Waals surface area contributed by atoms with Crippen LogP contribution in [0.25, 0.3) is 0 Å². The molecular weight excluding hydrogens is 275 g/mol. The molecule has 0 aromatic heterocycles. The summed E-state index contributed by atoms with van der Waals surface area (Å²) in [5, 5.41) is 20.7. The van der Waals surface area contributed by atoms with Crippen molar-refractivity contribution >= 4 is 12.6 Å². The van der Waals surface area contributed by atoms with Gasteiger partial charge in [-0.25, -0.2) is 0 Å². The Bertz CT molecular complexity index is 475. The van der Waals surface area contributed by atoms with Gasteiger partial charge in [0.2, 0.25) is 0 Å². The van der Waals surface area contributed by atoms with Gasteiger partial charge < -0.3 is 14.8 Å². The Kier molecular flexibility index (Phi) is 5.88. The van der Waals surface area contributed by atoms with Crippen molar-refractivity contribution in [2.45, 2.75) is 78.4 Å². The Labute approximate surface area is 135 Å². The second-order valence-corrected chi connectivity index (χ2v) is 7.78. The van der Waals surface area contributed by atoms with E-state index >= 15 is 0 Å². The van der Waals surface area contributed by atoms with Crippen LogP contribution in [0.5, 0.6) is 0 Å². The van der Waals surface area contributed by atoms with Crippen molar-refractivity contribution in [3.63, 3.8) is 0 Å². The summed E-state index contributed by atoms with van der Waals surface area (Å²) in [6.07, 6.45) is 0. The van der Waals surface area contributed by atoms with E-state index in [0.717, 1.165) is 5.46 Å². The van der Waals surface area contributed by atoms with Crippen LogP contribution in [-0.2, 0) is 4.65 Å². The zero-order valence-corrected chi connectivity index (χ0v) is 15.3. The molecule has 0 bridgehead atoms. The van der Waals surface area contributed by atoms with E-state index in [9.17, 15) is 10.1 Å². The van der Waals surface area contributed by atoms with Crippen LogP contribution in [0.1, 0.15) is 78.4 Å². The smallest absolute Gasteiger partial charge is 0.423 e. The summed E-state index contributed by atoms with van der Waals surface area (Å²) < 4.78 is 5.76. The number of aliphatic hydroxyl groups is 1. The van der Waals surface area contributed by atoms with E-state index in [4.69, 9.17) is 4.65 Å². The van der Waals surface area contributed by atoms with E-state index in [1.165, 1.54) is 11.1 Å². The maximum atomic E-state index is 10.5. The minimum atomic E-state index is -1.06. The standard InChI is InChI=1S/C18H31BO3/c1-12(2)14-9-15(13(3)4)11-16(10-14)19(21)22-18(7,8)17(5,6)20/h9-13,20-21H,1-8H3. The molecule has 0 unspecified atom stereocenters. The van der Waals surface area contributed by atoms with Crippen LogP contribution < -0.4 is 5.46 Å². The second kappa shape index (κ2) is 6.73. The van der Waals surface area contributed by atoms with Crippen LogP contribution >= 0.6 is 0 Å². The van der Waals surface area contributed by atoms with Gasteiger partial charge in [-0.3, -0.25) is 0 Å². The van der Waals surface area contributed by atoms with Gasteiger partial charge in [-0.2, -0.15) is 0 Å². The maximum absolute atomic E-state index is 10.5. The van der Waals surface area contributed by atoms with Crippen molar-refractivity contribution in [2.24, 2.45) is 0 Å². The van der Waals surface area contributed by atoms with Crippen LogP contribution in [-0.4, -0.2) is 28.5 Å². The van der Waals surface area contributed by atoms with Gasteiger partial charge in [-0.15, -0.1) is 0 Å². The van der Waals surface area contributed by atoms with Crippen molar-refractivity contribution in [1.82, 2.24) is 0 Å². The third-order valence-electron chi connectivity index (χ3n) is 4.50. The first-order valence-electron chi connectivity index (χ1n) is 8.08. The molecule has 0 saturated carbocycles. The van der Waals surface area contributed by atoms with E-state index in [1.54, 1.807) is 27.7 Å². The molecule has 3 nitrogen and oxygen atoms in total. The summed E-state index contributed by atoms with van der Waals surface area (Å²) in [4.78, 5) is 0. The van der Waals surface area contributed by atoms with E-state index in [2.05, 4.69) is 33.8 Å². The summed E-state index contributed by atoms with van der Waals surface area (Å²) in [6, 6.07) is 6.16. The number of benzene rings is 1. The van der Waals surface area contributed by atoms with Gasteiger partial charge in [-0.05, 0) is 56.1 Å². The lowest BCUT2D eigenvalue weighted by Gasteiger charge is -2.38. The van der Waals surface area contributed by atoms with Crippen LogP contribution in [0.15, 0.2) is 18.2 Å². The minimum Gasteiger partial charge on any atom is -0.423 e. The van der Waals surface area contributed by atoms with E-state index in [1.807, 2.05) is 12.1 Å². The number of hydrogen-bond acceptors (Lipinski definition) is 3. The Hall–Kier alpha value is -0.835. The molecule has 2 N–H and O–H groups in total. The highest BCUT2D eigenvalue weighted by molar-refractivity contribution is 6.60. The molecule has 4 heteroatoms. The molecule has 22 heavy (non-hydrogen) atoms. The molecule has 0 aliphatic carbocycles. The largest absolute Gasteiger partial charge is 0.491 e. The highest BCUT2D eigenvalue weighted by Gasteiger charge is 2.39. The van der Waals surface area contributed by atoms with E-state index < -0.39 is 18.3 Å². The molecule has 124 valence electrons. The minimum absolute atomic E-state index is 0.381. The molecule has 0 saturated heterocycles. The summed E-state index contributed by atoms with van der Waals surface area (Å²) in [7, 11) is -1.06. The van der Waals surface area contributed by atoms with Crippen molar-refractivity contribution in [2.75, 3.05) is 0 Å². The number of hydrogen-bond donors (Lipinski definition) is 2. The normalized spacial score (nSPS) is 13.1. The summed E-state index contributed by atoms with van der Waals surface area (Å²) in [5.74, 6) is 0.763. The molecule has 0 amide bonds. The molecule has 0 aliphatic heterocycles. The summed E-state index contributed by atoms with van der Waals surface area (Å²) in [5.41, 5.74) is 1.20. The van der Waals surface area contributed by atoms with Crippen molar-refractivity contribution in [3.8, 4) is 0 Å². The van der Waals surface area contributed by atoms with Crippen molar-refractivity contribution in [3.05, 3.63) is 29.3 Å². The molecule has 0 heterocycles. The van der Waals surface area contributed by atoms with Gasteiger partial charge in [0, 0.05) is 0 Å². The topological polar surface area (TPSA) is 49.7 Å². The Morgan fingerprint density at radius 1 is 0.909 bits per heavy atom. The van der Waals surface area contributed by atoms with E-state index in [-0.39, 0.29) is 0 Å². The molecule has 0 radical (unpaired) electrons. The quantitative estimate of drug-likeness (QED) is 0.794. The predicted molar refractivity (Wildman–Crippen MR) is 93.7 cm³/mol. The fourth-order valence-electron chi connectivity index (χ4n) is 2.00. The van der Waals surface area contributed by atoms with Gasteiger partial charge in [-0.1, -0.05) is 45.9 Å². The Morgan fingerprint density at radius 3 is 1.64 bits per heavy atom. The van der Waals surface area contributed by atoms with Gasteiger partial charge in [0.15, 0.2) is 0 Å². The fraction of sp³-hybridized carbons (Fsp3) is 0.667. The lowest BCUT2D eigenvalue weighted by molar-refractivity contribution is -0.0982. The lowest BCUT2D eigenvalue weighted by Crippen LogP contribution is -2.53. The van der Waals surface area contributed by atoms with Crippen molar-refractivity contribution < 1.29 is 14.8 Å². The lowest BCUT2D eigenvalue weighted by atomic mass is 9.74. The molecule has 0 spiro atoms. The second-order valence-electron chi connectivity index (χ2n) is 7.78. The van der Waals surface area contributed by atoms with Gasteiger partial charge in [0.1, 0.15) is 0 Å². The zero-order valence-electron chi connectivity index (χ0n) is 15.3. The average molecular weight is 306 g/mol. The molecule has 1 rings (SSSR count). The van der Waals surface area contributed by atoms with Crippen LogP contribution in [0.2, 0.25) is 0 Å². The number of rotatable bonds is 6. The average Bonchev–Trinajstić information content (AvgIpc) is 2.36. The third-order valence-corrected chi connectivity index (χ3v) is 4.50. The summed E-state index contributed by atoms with van der Waals surface area (Å²) in [6.45, 7) is 15.5. The van der Waals surface area contributed by atoms with Crippen LogP contribution in [0.3, 0.4) is 0 Å². The highest BCUT2D eigenvalue weighted by atomic mass is 16.5. The van der Waals surface area contributed by atoms with Gasteiger partial charge in [0.05, 0.1) is 11.2 Å². The van der Waals surface area contributed by atoms with Gasteiger partial charge >= 0.3 is 7.12 Å². The Morgan fingerprint density at radius 2 is 1.32 bits per heavy atom. The SMILES string of the molecule is CC(C)c1cc(B(O)OC(C)(C)C(C)(C)O)cc(C(C)C)c1. The monoisotopic (exact) mass is 306 g/mol. The molecular formula is C18H31BO3. The van der Waals surface area contributed by atoms with Crippen LogP contribution in [0.4, 0.5) is 0 Å². The van der Waals surface area contributed by atoms with E-state index in [0.29, 0.717) is 11.8 Å². The van der Waals surface area contributed by atoms with Gasteiger partial charge in [0.25, 0.3) is 0 Å². The molecule has 0 aliphatic rings. The maximum Gasteiger partial charge on any atom is 0.491 e. The predicted octanol–water partition coefficient (Wildman–Crippen LogP) is 3.19. The first-order valence-corrected chi connectivity index (χ1v) is 8.08. The Balaban J connectivity index is 3.15. The van der Waals surface area contributed by atoms with Crippen LogP contribution in [0, 0.1) is 0 Å². The molecule has 0 fully saturated rings. The molecule has 1 aromatic carbocycles. The molecule has 0 atom stereocenters. The van der Waals surface area contributed by atoms with Crippen molar-refractivity contribution in [1.29, 1.82) is 0 Å². The molecule has 1 aromatic rings. The first kappa shape index (κ1) is 19.2. The summed E-state index contributed by atoms with van der Waals surface area (Å²) >= 11 is 0.